The molecule has 0 aliphatic heterocycles. The molecule has 0 amide bonds. The lowest BCUT2D eigenvalue weighted by atomic mass is 9.99. The molecule has 1 saturated carbocycles. The molecular weight excluding hydrogens is 226 g/mol. The van der Waals surface area contributed by atoms with Gasteiger partial charge in [0.2, 0.25) is 0 Å². The van der Waals surface area contributed by atoms with Gasteiger partial charge in [-0.2, -0.15) is 0 Å². The number of anilines is 1. The van der Waals surface area contributed by atoms with E-state index in [0.717, 1.165) is 11.6 Å². The van der Waals surface area contributed by atoms with Crippen molar-refractivity contribution in [2.45, 2.75) is 38.6 Å². The molecule has 0 saturated heterocycles. The third kappa shape index (κ3) is 3.03. The fourth-order valence-corrected chi connectivity index (χ4v) is 2.69. The van der Waals surface area contributed by atoms with Gasteiger partial charge >= 0.3 is 5.97 Å². The summed E-state index contributed by atoms with van der Waals surface area (Å²) in [5.41, 5.74) is 1.60. The van der Waals surface area contributed by atoms with E-state index in [4.69, 9.17) is 4.74 Å². The van der Waals surface area contributed by atoms with Gasteiger partial charge in [0.15, 0.2) is 0 Å². The van der Waals surface area contributed by atoms with Crippen molar-refractivity contribution in [2.75, 3.05) is 12.4 Å². The third-order valence-electron chi connectivity index (χ3n) is 3.78. The lowest BCUT2D eigenvalue weighted by molar-refractivity contribution is 0.0601. The minimum Gasteiger partial charge on any atom is -0.465 e. The number of esters is 1. The monoisotopic (exact) mass is 247 g/mol. The van der Waals surface area contributed by atoms with Gasteiger partial charge in [-0.15, -0.1) is 0 Å². The van der Waals surface area contributed by atoms with Gasteiger partial charge in [0.1, 0.15) is 0 Å². The van der Waals surface area contributed by atoms with Crippen LogP contribution in [0, 0.1) is 5.92 Å². The quantitative estimate of drug-likeness (QED) is 0.828. The zero-order valence-electron chi connectivity index (χ0n) is 11.1. The van der Waals surface area contributed by atoms with Crippen molar-refractivity contribution in [3.63, 3.8) is 0 Å². The number of hydrogen-bond acceptors (Lipinski definition) is 3. The lowest BCUT2D eigenvalue weighted by Gasteiger charge is -2.21. The fourth-order valence-electron chi connectivity index (χ4n) is 2.69. The van der Waals surface area contributed by atoms with Gasteiger partial charge in [0.05, 0.1) is 12.7 Å². The number of benzene rings is 1. The number of carbonyl (C=O) groups is 1. The highest BCUT2D eigenvalue weighted by atomic mass is 16.5. The molecule has 0 heterocycles. The normalized spacial score (nSPS) is 17.4. The predicted molar refractivity (Wildman–Crippen MR) is 72.8 cm³/mol. The molecule has 98 valence electrons. The topological polar surface area (TPSA) is 38.3 Å². The van der Waals surface area contributed by atoms with Gasteiger partial charge in [0.25, 0.3) is 0 Å². The highest BCUT2D eigenvalue weighted by Crippen LogP contribution is 2.29. The van der Waals surface area contributed by atoms with Crippen LogP contribution in [-0.2, 0) is 4.74 Å². The molecule has 1 aliphatic carbocycles. The number of rotatable bonds is 4. The van der Waals surface area contributed by atoms with E-state index in [1.54, 1.807) is 6.07 Å². The van der Waals surface area contributed by atoms with E-state index < -0.39 is 0 Å². The van der Waals surface area contributed by atoms with Crippen molar-refractivity contribution < 1.29 is 9.53 Å². The Balaban J connectivity index is 2.02. The molecule has 1 fully saturated rings. The first-order valence-electron chi connectivity index (χ1n) is 6.65. The smallest absolute Gasteiger partial charge is 0.337 e. The summed E-state index contributed by atoms with van der Waals surface area (Å²) in [7, 11) is 1.41. The maximum atomic E-state index is 11.5. The Morgan fingerprint density at radius 1 is 1.39 bits per heavy atom. The maximum Gasteiger partial charge on any atom is 0.337 e. The van der Waals surface area contributed by atoms with Crippen LogP contribution < -0.4 is 5.32 Å². The van der Waals surface area contributed by atoms with E-state index in [1.165, 1.54) is 32.8 Å². The summed E-state index contributed by atoms with van der Waals surface area (Å²) < 4.78 is 4.73. The molecular formula is C15H21NO2. The van der Waals surface area contributed by atoms with Crippen molar-refractivity contribution in [1.29, 1.82) is 0 Å². The van der Waals surface area contributed by atoms with Crippen molar-refractivity contribution in [3.8, 4) is 0 Å². The van der Waals surface area contributed by atoms with Crippen LogP contribution in [0.3, 0.4) is 0 Å². The van der Waals surface area contributed by atoms with Crippen molar-refractivity contribution in [3.05, 3.63) is 29.8 Å². The number of ether oxygens (including phenoxy) is 1. The molecule has 1 aromatic carbocycles. The van der Waals surface area contributed by atoms with E-state index in [9.17, 15) is 4.79 Å². The predicted octanol–water partition coefficient (Wildman–Crippen LogP) is 3.46. The molecule has 0 radical (unpaired) electrons. The molecule has 0 aromatic heterocycles. The lowest BCUT2D eigenvalue weighted by Crippen LogP contribution is -2.23. The van der Waals surface area contributed by atoms with Crippen LogP contribution >= 0.6 is 0 Å². The standard InChI is InChI=1S/C15H21NO2/c1-11(12-6-3-4-7-12)16-14-9-5-8-13(10-14)15(17)18-2/h5,8-12,16H,3-4,6-7H2,1-2H3. The van der Waals surface area contributed by atoms with Crippen LogP contribution in [0.25, 0.3) is 0 Å². The summed E-state index contributed by atoms with van der Waals surface area (Å²) >= 11 is 0. The SMILES string of the molecule is COC(=O)c1cccc(NC(C)C2CCCC2)c1. The molecule has 1 aromatic rings. The summed E-state index contributed by atoms with van der Waals surface area (Å²) in [5.74, 6) is 0.471. The maximum absolute atomic E-state index is 11.5. The minimum absolute atomic E-state index is 0.285. The number of carbonyl (C=O) groups excluding carboxylic acids is 1. The summed E-state index contributed by atoms with van der Waals surface area (Å²) in [4.78, 5) is 11.5. The highest BCUT2D eigenvalue weighted by molar-refractivity contribution is 5.90. The van der Waals surface area contributed by atoms with E-state index in [2.05, 4.69) is 12.2 Å². The molecule has 2 rings (SSSR count). The number of nitrogens with one attached hydrogen (secondary N) is 1. The molecule has 1 unspecified atom stereocenters. The second-order valence-corrected chi connectivity index (χ2v) is 5.05. The Hall–Kier alpha value is -1.51. The number of methoxy groups -OCH3 is 1. The van der Waals surface area contributed by atoms with Crippen LogP contribution in [0.1, 0.15) is 43.0 Å². The van der Waals surface area contributed by atoms with Gasteiger partial charge in [-0.1, -0.05) is 18.9 Å². The molecule has 1 aliphatic rings. The molecule has 18 heavy (non-hydrogen) atoms. The van der Waals surface area contributed by atoms with Crippen LogP contribution in [0.2, 0.25) is 0 Å². The average molecular weight is 247 g/mol. The zero-order valence-corrected chi connectivity index (χ0v) is 11.1. The highest BCUT2D eigenvalue weighted by Gasteiger charge is 2.21. The first-order chi connectivity index (χ1) is 8.70. The minimum atomic E-state index is -0.285. The van der Waals surface area contributed by atoms with Gasteiger partial charge in [-0.25, -0.2) is 4.79 Å². The molecule has 1 atom stereocenters. The Bertz CT molecular complexity index is 411. The largest absolute Gasteiger partial charge is 0.465 e. The summed E-state index contributed by atoms with van der Waals surface area (Å²) in [6.07, 6.45) is 5.31. The molecule has 0 bridgehead atoms. The fraction of sp³-hybridized carbons (Fsp3) is 0.533. The summed E-state index contributed by atoms with van der Waals surface area (Å²) in [6.45, 7) is 2.22. The Kier molecular flexibility index (Phi) is 4.24. The van der Waals surface area contributed by atoms with Gasteiger partial charge in [-0.3, -0.25) is 0 Å². The van der Waals surface area contributed by atoms with E-state index in [1.807, 2.05) is 18.2 Å². The van der Waals surface area contributed by atoms with E-state index in [-0.39, 0.29) is 5.97 Å². The van der Waals surface area contributed by atoms with E-state index in [0.29, 0.717) is 11.6 Å². The Labute approximate surface area is 109 Å². The first kappa shape index (κ1) is 12.9. The van der Waals surface area contributed by atoms with Crippen molar-refractivity contribution in [2.24, 2.45) is 5.92 Å². The Morgan fingerprint density at radius 3 is 2.78 bits per heavy atom. The zero-order chi connectivity index (χ0) is 13.0. The number of hydrogen-bond donors (Lipinski definition) is 1. The summed E-state index contributed by atoms with van der Waals surface area (Å²) in [6, 6.07) is 7.97. The van der Waals surface area contributed by atoms with Crippen molar-refractivity contribution >= 4 is 11.7 Å². The van der Waals surface area contributed by atoms with Crippen molar-refractivity contribution in [1.82, 2.24) is 0 Å². The molecule has 3 heteroatoms. The summed E-state index contributed by atoms with van der Waals surface area (Å²) in [5, 5.41) is 3.50. The van der Waals surface area contributed by atoms with Crippen LogP contribution in [0.4, 0.5) is 5.69 Å². The van der Waals surface area contributed by atoms with Crippen LogP contribution in [-0.4, -0.2) is 19.1 Å². The second-order valence-electron chi connectivity index (χ2n) is 5.05. The van der Waals surface area contributed by atoms with Gasteiger partial charge in [0, 0.05) is 11.7 Å². The molecule has 3 nitrogen and oxygen atoms in total. The van der Waals surface area contributed by atoms with Gasteiger partial charge < -0.3 is 10.1 Å². The first-order valence-corrected chi connectivity index (χ1v) is 6.65. The van der Waals surface area contributed by atoms with Crippen LogP contribution in [0.5, 0.6) is 0 Å². The Morgan fingerprint density at radius 2 is 2.11 bits per heavy atom. The molecule has 0 spiro atoms. The molecule has 1 N–H and O–H groups in total. The third-order valence-corrected chi connectivity index (χ3v) is 3.78. The second kappa shape index (κ2) is 5.89. The van der Waals surface area contributed by atoms with E-state index >= 15 is 0 Å². The average Bonchev–Trinajstić information content (AvgIpc) is 2.92. The van der Waals surface area contributed by atoms with Crippen LogP contribution in [0.15, 0.2) is 24.3 Å². The van der Waals surface area contributed by atoms with Gasteiger partial charge in [-0.05, 0) is 43.9 Å².